The molecule has 0 saturated heterocycles. The van der Waals surface area contributed by atoms with Gasteiger partial charge in [0.25, 0.3) is 0 Å². The van der Waals surface area contributed by atoms with Gasteiger partial charge in [-0.1, -0.05) is 13.3 Å². The molecule has 0 fully saturated rings. The van der Waals surface area contributed by atoms with Gasteiger partial charge in [0.1, 0.15) is 11.5 Å². The summed E-state index contributed by atoms with van der Waals surface area (Å²) in [5.74, 6) is 1.68. The molecule has 0 aliphatic carbocycles. The number of nitrogens with one attached hydrogen (secondary N) is 1. The molecule has 20 heavy (non-hydrogen) atoms. The standard InChI is InChI=1S/C16H27NO3/c1-6-8-15(20-7-2)16(17-3)13-11-12(18-4)9-10-14(13)19-5/h9-11,15-17H,6-8H2,1-5H3. The molecule has 2 unspecified atom stereocenters. The van der Waals surface area contributed by atoms with Crippen LogP contribution >= 0.6 is 0 Å². The summed E-state index contributed by atoms with van der Waals surface area (Å²) >= 11 is 0. The highest BCUT2D eigenvalue weighted by molar-refractivity contribution is 5.42. The van der Waals surface area contributed by atoms with Gasteiger partial charge < -0.3 is 19.5 Å². The van der Waals surface area contributed by atoms with E-state index in [1.54, 1.807) is 14.2 Å². The van der Waals surface area contributed by atoms with Crippen LogP contribution in [0.15, 0.2) is 18.2 Å². The molecule has 1 aromatic rings. The number of methoxy groups -OCH3 is 2. The van der Waals surface area contributed by atoms with Crippen LogP contribution in [0.3, 0.4) is 0 Å². The van der Waals surface area contributed by atoms with Crippen molar-refractivity contribution in [3.8, 4) is 11.5 Å². The van der Waals surface area contributed by atoms with Gasteiger partial charge in [-0.05, 0) is 38.6 Å². The molecule has 1 N–H and O–H groups in total. The van der Waals surface area contributed by atoms with Crippen molar-refractivity contribution >= 4 is 0 Å². The molecule has 0 heterocycles. The van der Waals surface area contributed by atoms with E-state index in [4.69, 9.17) is 14.2 Å². The second-order valence-corrected chi connectivity index (χ2v) is 4.66. The van der Waals surface area contributed by atoms with Crippen molar-refractivity contribution in [3.05, 3.63) is 23.8 Å². The highest BCUT2D eigenvalue weighted by atomic mass is 16.5. The zero-order valence-corrected chi connectivity index (χ0v) is 13.2. The van der Waals surface area contributed by atoms with Crippen molar-refractivity contribution in [2.75, 3.05) is 27.9 Å². The number of hydrogen-bond acceptors (Lipinski definition) is 4. The zero-order valence-electron chi connectivity index (χ0n) is 13.2. The van der Waals surface area contributed by atoms with Crippen molar-refractivity contribution in [1.29, 1.82) is 0 Å². The third kappa shape index (κ3) is 4.12. The Morgan fingerprint density at radius 3 is 2.40 bits per heavy atom. The fourth-order valence-corrected chi connectivity index (χ4v) is 2.47. The van der Waals surface area contributed by atoms with E-state index in [9.17, 15) is 0 Å². The van der Waals surface area contributed by atoms with E-state index in [0.29, 0.717) is 6.61 Å². The van der Waals surface area contributed by atoms with Gasteiger partial charge >= 0.3 is 0 Å². The van der Waals surface area contributed by atoms with Crippen molar-refractivity contribution in [2.24, 2.45) is 0 Å². The predicted octanol–water partition coefficient (Wildman–Crippen LogP) is 3.17. The molecule has 0 amide bonds. The van der Waals surface area contributed by atoms with Gasteiger partial charge in [-0.2, -0.15) is 0 Å². The Balaban J connectivity index is 3.13. The summed E-state index contributed by atoms with van der Waals surface area (Å²) in [7, 11) is 5.31. The number of hydrogen-bond donors (Lipinski definition) is 1. The third-order valence-electron chi connectivity index (χ3n) is 3.41. The molecule has 0 bridgehead atoms. The zero-order chi connectivity index (χ0) is 15.0. The lowest BCUT2D eigenvalue weighted by Gasteiger charge is -2.28. The van der Waals surface area contributed by atoms with Gasteiger partial charge in [0.05, 0.1) is 26.4 Å². The van der Waals surface area contributed by atoms with Crippen LogP contribution < -0.4 is 14.8 Å². The molecule has 114 valence electrons. The summed E-state index contributed by atoms with van der Waals surface area (Å²) in [6.45, 7) is 4.90. The molecule has 0 radical (unpaired) electrons. The molecule has 4 heteroatoms. The second-order valence-electron chi connectivity index (χ2n) is 4.66. The van der Waals surface area contributed by atoms with E-state index >= 15 is 0 Å². The SMILES string of the molecule is CCCC(OCC)C(NC)c1cc(OC)ccc1OC. The molecule has 1 aromatic carbocycles. The van der Waals surface area contributed by atoms with E-state index in [1.165, 1.54) is 0 Å². The van der Waals surface area contributed by atoms with E-state index in [0.717, 1.165) is 29.9 Å². The van der Waals surface area contributed by atoms with Crippen LogP contribution in [0.2, 0.25) is 0 Å². The molecule has 0 aliphatic heterocycles. The fourth-order valence-electron chi connectivity index (χ4n) is 2.47. The van der Waals surface area contributed by atoms with Gasteiger partial charge in [-0.15, -0.1) is 0 Å². The highest BCUT2D eigenvalue weighted by Gasteiger charge is 2.25. The van der Waals surface area contributed by atoms with Crippen LogP contribution in [0.5, 0.6) is 11.5 Å². The summed E-state index contributed by atoms with van der Waals surface area (Å²) in [6.07, 6.45) is 2.20. The average Bonchev–Trinajstić information content (AvgIpc) is 2.48. The molecular formula is C16H27NO3. The van der Waals surface area contributed by atoms with Gasteiger partial charge in [0.15, 0.2) is 0 Å². The monoisotopic (exact) mass is 281 g/mol. The van der Waals surface area contributed by atoms with Crippen LogP contribution in [0.4, 0.5) is 0 Å². The van der Waals surface area contributed by atoms with Gasteiger partial charge in [-0.25, -0.2) is 0 Å². The van der Waals surface area contributed by atoms with E-state index in [2.05, 4.69) is 12.2 Å². The Morgan fingerprint density at radius 2 is 1.90 bits per heavy atom. The minimum Gasteiger partial charge on any atom is -0.497 e. The van der Waals surface area contributed by atoms with Crippen molar-refractivity contribution in [1.82, 2.24) is 5.32 Å². The lowest BCUT2D eigenvalue weighted by Crippen LogP contribution is -2.32. The van der Waals surface area contributed by atoms with Crippen LogP contribution in [0.25, 0.3) is 0 Å². The van der Waals surface area contributed by atoms with Gasteiger partial charge in [0, 0.05) is 12.2 Å². The topological polar surface area (TPSA) is 39.7 Å². The first-order valence-electron chi connectivity index (χ1n) is 7.22. The van der Waals surface area contributed by atoms with Crippen LogP contribution in [0, 0.1) is 0 Å². The Labute approximate surface area is 122 Å². The number of rotatable bonds is 9. The lowest BCUT2D eigenvalue weighted by atomic mass is 9.97. The van der Waals surface area contributed by atoms with Crippen LogP contribution in [-0.2, 0) is 4.74 Å². The Bertz CT molecular complexity index is 389. The Morgan fingerprint density at radius 1 is 1.15 bits per heavy atom. The molecule has 0 spiro atoms. The molecule has 0 aromatic heterocycles. The summed E-state index contributed by atoms with van der Waals surface area (Å²) in [5, 5.41) is 3.35. The highest BCUT2D eigenvalue weighted by Crippen LogP contribution is 2.33. The number of likely N-dealkylation sites (N-methyl/N-ethyl adjacent to an activating group) is 1. The van der Waals surface area contributed by atoms with Gasteiger partial charge in [-0.3, -0.25) is 0 Å². The quantitative estimate of drug-likeness (QED) is 0.754. The minimum atomic E-state index is 0.0833. The molecule has 0 aliphatic rings. The number of ether oxygens (including phenoxy) is 3. The minimum absolute atomic E-state index is 0.0833. The Hall–Kier alpha value is -1.26. The molecule has 2 atom stereocenters. The predicted molar refractivity (Wildman–Crippen MR) is 81.7 cm³/mol. The maximum Gasteiger partial charge on any atom is 0.124 e. The van der Waals surface area contributed by atoms with Gasteiger partial charge in [0.2, 0.25) is 0 Å². The maximum atomic E-state index is 5.90. The van der Waals surface area contributed by atoms with E-state index < -0.39 is 0 Å². The normalized spacial score (nSPS) is 13.8. The van der Waals surface area contributed by atoms with E-state index in [1.807, 2.05) is 32.2 Å². The summed E-state index contributed by atoms with van der Waals surface area (Å²) in [4.78, 5) is 0. The molecule has 1 rings (SSSR count). The summed E-state index contributed by atoms with van der Waals surface area (Å²) in [6, 6.07) is 5.94. The molecule has 0 saturated carbocycles. The lowest BCUT2D eigenvalue weighted by molar-refractivity contribution is 0.0289. The Kier molecular flexibility index (Phi) is 7.41. The molecule has 4 nitrogen and oxygen atoms in total. The molecular weight excluding hydrogens is 254 g/mol. The van der Waals surface area contributed by atoms with E-state index in [-0.39, 0.29) is 12.1 Å². The van der Waals surface area contributed by atoms with Crippen molar-refractivity contribution in [3.63, 3.8) is 0 Å². The summed E-state index contributed by atoms with van der Waals surface area (Å²) < 4.78 is 16.7. The smallest absolute Gasteiger partial charge is 0.124 e. The largest absolute Gasteiger partial charge is 0.497 e. The second kappa shape index (κ2) is 8.82. The maximum absolute atomic E-state index is 5.90. The first-order chi connectivity index (χ1) is 9.71. The average molecular weight is 281 g/mol. The number of benzene rings is 1. The summed E-state index contributed by atoms with van der Waals surface area (Å²) in [5.41, 5.74) is 1.07. The van der Waals surface area contributed by atoms with Crippen LogP contribution in [0.1, 0.15) is 38.3 Å². The first kappa shape index (κ1) is 16.8. The third-order valence-corrected chi connectivity index (χ3v) is 3.41. The van der Waals surface area contributed by atoms with Crippen LogP contribution in [-0.4, -0.2) is 34.0 Å². The fraction of sp³-hybridized carbons (Fsp3) is 0.625. The first-order valence-corrected chi connectivity index (χ1v) is 7.22. The van der Waals surface area contributed by atoms with Crippen molar-refractivity contribution < 1.29 is 14.2 Å². The van der Waals surface area contributed by atoms with Crippen molar-refractivity contribution in [2.45, 2.75) is 38.8 Å².